The lowest BCUT2D eigenvalue weighted by Gasteiger charge is -2.28. The smallest absolute Gasteiger partial charge is 0.340 e. The number of Topliss-reactive ketones (excluding diaryl/α,β-unsaturated/α-hetero) is 1. The van der Waals surface area contributed by atoms with Gasteiger partial charge in [-0.25, -0.2) is 13.6 Å². The molecular formula is C13H13F2NO3. The molecule has 1 aromatic carbocycles. The number of ether oxygens (including phenoxy) is 1. The van der Waals surface area contributed by atoms with Gasteiger partial charge in [-0.3, -0.25) is 4.79 Å². The predicted octanol–water partition coefficient (Wildman–Crippen LogP) is 1.92. The number of carbonyl (C=O) groups is 2. The third kappa shape index (κ3) is 2.72. The monoisotopic (exact) mass is 269 g/mol. The lowest BCUT2D eigenvalue weighted by atomic mass is 10.1. The van der Waals surface area contributed by atoms with E-state index in [4.69, 9.17) is 0 Å². The van der Waals surface area contributed by atoms with E-state index in [0.29, 0.717) is 25.9 Å². The highest BCUT2D eigenvalue weighted by Gasteiger charge is 2.22. The molecule has 0 radical (unpaired) electrons. The van der Waals surface area contributed by atoms with Crippen LogP contribution in [-0.4, -0.2) is 32.0 Å². The number of piperidine rings is 1. The second-order valence-corrected chi connectivity index (χ2v) is 4.30. The molecule has 0 spiro atoms. The average molecular weight is 269 g/mol. The topological polar surface area (TPSA) is 46.6 Å². The van der Waals surface area contributed by atoms with E-state index in [9.17, 15) is 18.4 Å². The van der Waals surface area contributed by atoms with E-state index >= 15 is 0 Å². The van der Waals surface area contributed by atoms with Gasteiger partial charge < -0.3 is 9.64 Å². The van der Waals surface area contributed by atoms with Gasteiger partial charge in [-0.05, 0) is 6.07 Å². The Morgan fingerprint density at radius 3 is 2.42 bits per heavy atom. The minimum absolute atomic E-state index is 0.0673. The Balaban J connectivity index is 2.30. The zero-order valence-electron chi connectivity index (χ0n) is 10.4. The number of benzene rings is 1. The molecule has 0 N–H and O–H groups in total. The van der Waals surface area contributed by atoms with E-state index in [0.717, 1.165) is 19.2 Å². The molecule has 1 fully saturated rings. The molecule has 4 nitrogen and oxygen atoms in total. The SMILES string of the molecule is COC(=O)c1cc(F)c(N2CCC(=O)CC2)cc1F. The summed E-state index contributed by atoms with van der Waals surface area (Å²) < 4.78 is 32.0. The van der Waals surface area contributed by atoms with Crippen LogP contribution >= 0.6 is 0 Å². The maximum Gasteiger partial charge on any atom is 0.340 e. The predicted molar refractivity (Wildman–Crippen MR) is 64.2 cm³/mol. The Kier molecular flexibility index (Phi) is 3.78. The standard InChI is InChI=1S/C13H13F2NO3/c1-19-13(18)9-6-11(15)12(7-10(9)14)16-4-2-8(17)3-5-16/h6-7H,2-5H2,1H3. The van der Waals surface area contributed by atoms with Crippen molar-refractivity contribution in [2.45, 2.75) is 12.8 Å². The van der Waals surface area contributed by atoms with E-state index in [1.54, 1.807) is 4.90 Å². The maximum atomic E-state index is 13.9. The van der Waals surface area contributed by atoms with Crippen molar-refractivity contribution in [2.24, 2.45) is 0 Å². The first-order valence-corrected chi connectivity index (χ1v) is 5.87. The summed E-state index contributed by atoms with van der Waals surface area (Å²) in [6, 6.07) is 1.80. The number of hydrogen-bond donors (Lipinski definition) is 0. The van der Waals surface area contributed by atoms with Crippen LogP contribution in [0, 0.1) is 11.6 Å². The van der Waals surface area contributed by atoms with Crippen molar-refractivity contribution in [1.82, 2.24) is 0 Å². The Labute approximate surface area is 109 Å². The quantitative estimate of drug-likeness (QED) is 0.770. The number of hydrogen-bond acceptors (Lipinski definition) is 4. The Bertz CT molecular complexity index is 521. The highest BCUT2D eigenvalue weighted by atomic mass is 19.1. The Morgan fingerprint density at radius 1 is 1.21 bits per heavy atom. The van der Waals surface area contributed by atoms with Crippen molar-refractivity contribution in [3.63, 3.8) is 0 Å². The van der Waals surface area contributed by atoms with Crippen LogP contribution in [0.5, 0.6) is 0 Å². The molecule has 1 aliphatic rings. The van der Waals surface area contributed by atoms with Crippen LogP contribution in [0.3, 0.4) is 0 Å². The first-order chi connectivity index (χ1) is 9.02. The second-order valence-electron chi connectivity index (χ2n) is 4.30. The molecule has 2 rings (SSSR count). The Morgan fingerprint density at radius 2 is 1.84 bits per heavy atom. The van der Waals surface area contributed by atoms with Crippen LogP contribution in [-0.2, 0) is 9.53 Å². The number of esters is 1. The first kappa shape index (κ1) is 13.5. The number of anilines is 1. The summed E-state index contributed by atoms with van der Waals surface area (Å²) in [6.45, 7) is 0.708. The third-order valence-corrected chi connectivity index (χ3v) is 3.10. The van der Waals surface area contributed by atoms with Crippen LogP contribution < -0.4 is 4.90 Å². The van der Waals surface area contributed by atoms with E-state index < -0.39 is 23.2 Å². The molecule has 19 heavy (non-hydrogen) atoms. The summed E-state index contributed by atoms with van der Waals surface area (Å²) in [5.74, 6) is -2.34. The number of rotatable bonds is 2. The summed E-state index contributed by atoms with van der Waals surface area (Å²) in [5, 5.41) is 0. The van der Waals surface area contributed by atoms with Crippen molar-refractivity contribution in [3.8, 4) is 0 Å². The van der Waals surface area contributed by atoms with Crippen LogP contribution in [0.2, 0.25) is 0 Å². The fraction of sp³-hybridized carbons (Fsp3) is 0.385. The van der Waals surface area contributed by atoms with Gasteiger partial charge in [-0.2, -0.15) is 0 Å². The molecule has 1 saturated heterocycles. The zero-order chi connectivity index (χ0) is 14.0. The summed E-state index contributed by atoms with van der Waals surface area (Å²) in [5.41, 5.74) is -0.366. The van der Waals surface area contributed by atoms with Crippen molar-refractivity contribution in [3.05, 3.63) is 29.3 Å². The Hall–Kier alpha value is -1.98. The molecule has 0 saturated carbocycles. The van der Waals surface area contributed by atoms with Crippen LogP contribution in [0.1, 0.15) is 23.2 Å². The molecule has 0 unspecified atom stereocenters. The van der Waals surface area contributed by atoms with Gasteiger partial charge in [0.05, 0.1) is 18.4 Å². The van der Waals surface area contributed by atoms with Crippen molar-refractivity contribution in [1.29, 1.82) is 0 Å². The van der Waals surface area contributed by atoms with Crippen molar-refractivity contribution in [2.75, 3.05) is 25.1 Å². The van der Waals surface area contributed by atoms with Gasteiger partial charge in [0.2, 0.25) is 0 Å². The molecule has 0 bridgehead atoms. The maximum absolute atomic E-state index is 13.9. The normalized spacial score (nSPS) is 15.5. The lowest BCUT2D eigenvalue weighted by Crippen LogP contribution is -2.34. The molecule has 1 heterocycles. The van der Waals surface area contributed by atoms with Crippen LogP contribution in [0.25, 0.3) is 0 Å². The van der Waals surface area contributed by atoms with Crippen molar-refractivity contribution >= 4 is 17.4 Å². The van der Waals surface area contributed by atoms with Gasteiger partial charge in [-0.1, -0.05) is 0 Å². The average Bonchev–Trinajstić information content (AvgIpc) is 2.41. The summed E-state index contributed by atoms with van der Waals surface area (Å²) in [4.78, 5) is 23.9. The van der Waals surface area contributed by atoms with Gasteiger partial charge in [0.1, 0.15) is 17.4 Å². The second kappa shape index (κ2) is 5.34. The third-order valence-electron chi connectivity index (χ3n) is 3.10. The summed E-state index contributed by atoms with van der Waals surface area (Å²) in [7, 11) is 1.10. The van der Waals surface area contributed by atoms with Crippen LogP contribution in [0.15, 0.2) is 12.1 Å². The summed E-state index contributed by atoms with van der Waals surface area (Å²) >= 11 is 0. The van der Waals surface area contributed by atoms with E-state index in [2.05, 4.69) is 4.74 Å². The fourth-order valence-corrected chi connectivity index (χ4v) is 2.04. The molecule has 0 aliphatic carbocycles. The first-order valence-electron chi connectivity index (χ1n) is 5.87. The number of methoxy groups -OCH3 is 1. The summed E-state index contributed by atoms with van der Waals surface area (Å²) in [6.07, 6.45) is 0.639. The number of carbonyl (C=O) groups excluding carboxylic acids is 2. The number of nitrogens with zero attached hydrogens (tertiary/aromatic N) is 1. The van der Waals surface area contributed by atoms with Crippen molar-refractivity contribution < 1.29 is 23.1 Å². The van der Waals surface area contributed by atoms with Gasteiger partial charge in [-0.15, -0.1) is 0 Å². The molecule has 0 amide bonds. The molecule has 1 aliphatic heterocycles. The lowest BCUT2D eigenvalue weighted by molar-refractivity contribution is -0.119. The molecule has 1 aromatic rings. The minimum Gasteiger partial charge on any atom is -0.465 e. The molecule has 6 heteroatoms. The molecular weight excluding hydrogens is 256 g/mol. The number of ketones is 1. The number of halogens is 2. The van der Waals surface area contributed by atoms with E-state index in [1.807, 2.05) is 0 Å². The molecule has 102 valence electrons. The van der Waals surface area contributed by atoms with Crippen LogP contribution in [0.4, 0.5) is 14.5 Å². The molecule has 0 aromatic heterocycles. The highest BCUT2D eigenvalue weighted by Crippen LogP contribution is 2.25. The fourth-order valence-electron chi connectivity index (χ4n) is 2.04. The highest BCUT2D eigenvalue weighted by molar-refractivity contribution is 5.90. The zero-order valence-corrected chi connectivity index (χ0v) is 10.4. The largest absolute Gasteiger partial charge is 0.465 e. The van der Waals surface area contributed by atoms with Gasteiger partial charge >= 0.3 is 5.97 Å². The minimum atomic E-state index is -0.920. The van der Waals surface area contributed by atoms with Gasteiger partial charge in [0, 0.05) is 32.0 Å². The van der Waals surface area contributed by atoms with E-state index in [-0.39, 0.29) is 11.5 Å². The van der Waals surface area contributed by atoms with Gasteiger partial charge in [0.15, 0.2) is 0 Å². The molecule has 0 atom stereocenters. The van der Waals surface area contributed by atoms with E-state index in [1.165, 1.54) is 0 Å². The van der Waals surface area contributed by atoms with Gasteiger partial charge in [0.25, 0.3) is 0 Å².